The minimum atomic E-state index is -3.27. The van der Waals surface area contributed by atoms with Gasteiger partial charge in [0.05, 0.1) is 0 Å². The summed E-state index contributed by atoms with van der Waals surface area (Å²) in [6, 6.07) is 6.27. The Morgan fingerprint density at radius 1 is 1.26 bits per heavy atom. The summed E-state index contributed by atoms with van der Waals surface area (Å²) in [5, 5.41) is 5.99. The molecule has 2 unspecified atom stereocenters. The minimum absolute atomic E-state index is 0.00302. The molecule has 2 atom stereocenters. The predicted octanol–water partition coefficient (Wildman–Crippen LogP) is 1.98. The quantitative estimate of drug-likeness (QED) is 0.804. The van der Waals surface area contributed by atoms with E-state index in [0.717, 1.165) is 18.4 Å². The van der Waals surface area contributed by atoms with E-state index in [9.17, 15) is 22.0 Å². The topological polar surface area (TPSA) is 88.4 Å². The van der Waals surface area contributed by atoms with Crippen molar-refractivity contribution in [2.45, 2.75) is 24.1 Å². The third kappa shape index (κ3) is 4.92. The second kappa shape index (κ2) is 7.77. The van der Waals surface area contributed by atoms with E-state index < -0.39 is 27.4 Å². The highest BCUT2D eigenvalue weighted by Gasteiger charge is 2.29. The van der Waals surface area contributed by atoms with Gasteiger partial charge < -0.3 is 15.1 Å². The lowest BCUT2D eigenvalue weighted by Gasteiger charge is -2.33. The molecule has 6 nitrogen and oxygen atoms in total. The summed E-state index contributed by atoms with van der Waals surface area (Å²) >= 11 is 0. The second-order valence-corrected chi connectivity index (χ2v) is 8.83. The Hall–Kier alpha value is -2.26. The molecule has 2 heterocycles. The number of hydrogen-bond acceptors (Lipinski definition) is 5. The highest BCUT2D eigenvalue weighted by Crippen LogP contribution is 2.27. The van der Waals surface area contributed by atoms with Gasteiger partial charge in [-0.05, 0) is 42.8 Å². The van der Waals surface area contributed by atoms with Gasteiger partial charge in [0.2, 0.25) is 0 Å². The van der Waals surface area contributed by atoms with Crippen LogP contribution in [0, 0.1) is 11.6 Å². The number of hydrogen-bond donors (Lipinski definition) is 2. The molecule has 0 spiro atoms. The molecular weight excluding hydrogens is 378 g/mol. The summed E-state index contributed by atoms with van der Waals surface area (Å²) < 4.78 is 54.7. The third-order valence-corrected chi connectivity index (χ3v) is 5.27. The highest BCUT2D eigenvalue weighted by atomic mass is 32.2. The monoisotopic (exact) mass is 398 g/mol. The summed E-state index contributed by atoms with van der Waals surface area (Å²) in [5.74, 6) is -2.62. The van der Waals surface area contributed by atoms with Crippen LogP contribution in [0.15, 0.2) is 34.7 Å². The number of rotatable bonds is 5. The van der Waals surface area contributed by atoms with Gasteiger partial charge in [-0.25, -0.2) is 17.2 Å². The molecular formula is C18H20F2N2O4S. The molecule has 0 radical (unpaired) electrons. The Bertz CT molecular complexity index is 943. The largest absolute Gasteiger partial charge is 0.455 e. The number of carbonyl (C=O) groups excluding carboxylic acids is 1. The average Bonchev–Trinajstić information content (AvgIpc) is 3.04. The molecule has 0 aliphatic carbocycles. The van der Waals surface area contributed by atoms with Crippen LogP contribution in [0.2, 0.25) is 0 Å². The highest BCUT2D eigenvalue weighted by molar-refractivity contribution is 7.89. The smallest absolute Gasteiger partial charge is 0.287 e. The maximum absolute atomic E-state index is 13.6. The SMILES string of the molecule is CS(=O)(=O)Cc1ccc(C(=O)NC2CNCCC2c2ccc(F)c(F)c2)o1. The Kier molecular flexibility index (Phi) is 5.61. The molecule has 9 heteroatoms. The number of benzene rings is 1. The standard InChI is InChI=1S/C18H20F2N2O4S/c1-27(24,25)10-12-3-5-17(26-12)18(23)22-16-9-21-7-6-13(16)11-2-4-14(19)15(20)8-11/h2-5,8,13,16,21H,6-7,9-10H2,1H3,(H,22,23). The fraction of sp³-hybridized carbons (Fsp3) is 0.389. The lowest BCUT2D eigenvalue weighted by atomic mass is 9.86. The molecule has 1 aromatic carbocycles. The molecule has 1 fully saturated rings. The first kappa shape index (κ1) is 19.5. The lowest BCUT2D eigenvalue weighted by Crippen LogP contribution is -2.50. The molecule has 3 rings (SSSR count). The summed E-state index contributed by atoms with van der Waals surface area (Å²) in [7, 11) is -3.27. The number of amides is 1. The van der Waals surface area contributed by atoms with Crippen molar-refractivity contribution in [1.29, 1.82) is 0 Å². The van der Waals surface area contributed by atoms with Crippen molar-refractivity contribution >= 4 is 15.7 Å². The number of nitrogens with one attached hydrogen (secondary N) is 2. The van der Waals surface area contributed by atoms with Crippen molar-refractivity contribution < 1.29 is 26.4 Å². The number of furan rings is 1. The van der Waals surface area contributed by atoms with Crippen LogP contribution >= 0.6 is 0 Å². The molecule has 1 aliphatic heterocycles. The van der Waals surface area contributed by atoms with Gasteiger partial charge in [0.15, 0.2) is 27.2 Å². The summed E-state index contributed by atoms with van der Waals surface area (Å²) in [5.41, 5.74) is 0.609. The number of halogens is 2. The van der Waals surface area contributed by atoms with Crippen molar-refractivity contribution in [3.63, 3.8) is 0 Å². The molecule has 2 aromatic rings. The number of carbonyl (C=O) groups is 1. The van der Waals surface area contributed by atoms with E-state index in [2.05, 4.69) is 10.6 Å². The summed E-state index contributed by atoms with van der Waals surface area (Å²) in [6.45, 7) is 1.15. The fourth-order valence-corrected chi connectivity index (χ4v) is 3.90. The van der Waals surface area contributed by atoms with Crippen molar-refractivity contribution in [3.8, 4) is 0 Å². The Balaban J connectivity index is 1.74. The van der Waals surface area contributed by atoms with Gasteiger partial charge in [-0.15, -0.1) is 0 Å². The molecule has 2 N–H and O–H groups in total. The van der Waals surface area contributed by atoms with Gasteiger partial charge in [0, 0.05) is 24.8 Å². The van der Waals surface area contributed by atoms with Crippen LogP contribution in [0.1, 0.15) is 34.2 Å². The summed E-state index contributed by atoms with van der Waals surface area (Å²) in [4.78, 5) is 12.5. The number of piperidine rings is 1. The maximum atomic E-state index is 13.6. The van der Waals surface area contributed by atoms with E-state index in [1.54, 1.807) is 0 Å². The molecule has 0 bridgehead atoms. The second-order valence-electron chi connectivity index (χ2n) is 6.69. The summed E-state index contributed by atoms with van der Waals surface area (Å²) in [6.07, 6.45) is 1.73. The van der Waals surface area contributed by atoms with Crippen molar-refractivity contribution in [2.75, 3.05) is 19.3 Å². The zero-order valence-electron chi connectivity index (χ0n) is 14.7. The molecule has 1 saturated heterocycles. The molecule has 0 saturated carbocycles. The first-order valence-corrected chi connectivity index (χ1v) is 10.5. The zero-order valence-corrected chi connectivity index (χ0v) is 15.5. The van der Waals surface area contributed by atoms with E-state index in [1.807, 2.05) is 0 Å². The Morgan fingerprint density at radius 2 is 2.04 bits per heavy atom. The van der Waals surface area contributed by atoms with E-state index in [4.69, 9.17) is 4.42 Å². The van der Waals surface area contributed by atoms with Crippen LogP contribution in [0.5, 0.6) is 0 Å². The van der Waals surface area contributed by atoms with Crippen molar-refractivity contribution in [1.82, 2.24) is 10.6 Å². The van der Waals surface area contributed by atoms with E-state index >= 15 is 0 Å². The molecule has 27 heavy (non-hydrogen) atoms. The van der Waals surface area contributed by atoms with E-state index in [-0.39, 0.29) is 29.2 Å². The van der Waals surface area contributed by atoms with Crippen LogP contribution in [0.25, 0.3) is 0 Å². The number of sulfone groups is 1. The van der Waals surface area contributed by atoms with E-state index in [0.29, 0.717) is 25.1 Å². The first-order valence-electron chi connectivity index (χ1n) is 8.46. The van der Waals surface area contributed by atoms with Crippen LogP contribution in [-0.4, -0.2) is 39.7 Å². The Labute approximate surface area is 155 Å². The normalized spacial score (nSPS) is 20.4. The average molecular weight is 398 g/mol. The minimum Gasteiger partial charge on any atom is -0.455 e. The molecule has 1 amide bonds. The maximum Gasteiger partial charge on any atom is 0.287 e. The van der Waals surface area contributed by atoms with Crippen LogP contribution < -0.4 is 10.6 Å². The van der Waals surface area contributed by atoms with Gasteiger partial charge >= 0.3 is 0 Å². The lowest BCUT2D eigenvalue weighted by molar-refractivity contribution is 0.0894. The molecule has 1 aromatic heterocycles. The van der Waals surface area contributed by atoms with Crippen molar-refractivity contribution in [2.24, 2.45) is 0 Å². The van der Waals surface area contributed by atoms with Gasteiger partial charge in [-0.3, -0.25) is 4.79 Å². The molecule has 146 valence electrons. The molecule has 1 aliphatic rings. The van der Waals surface area contributed by atoms with E-state index in [1.165, 1.54) is 18.2 Å². The predicted molar refractivity (Wildman–Crippen MR) is 95.1 cm³/mol. The van der Waals surface area contributed by atoms with Crippen LogP contribution in [-0.2, 0) is 15.6 Å². The zero-order chi connectivity index (χ0) is 19.6. The third-order valence-electron chi connectivity index (χ3n) is 4.46. The van der Waals surface area contributed by atoms with Gasteiger partial charge in [-0.1, -0.05) is 6.07 Å². The van der Waals surface area contributed by atoms with Gasteiger partial charge in [0.25, 0.3) is 5.91 Å². The first-order chi connectivity index (χ1) is 12.7. The van der Waals surface area contributed by atoms with Gasteiger partial charge in [0.1, 0.15) is 11.5 Å². The fourth-order valence-electron chi connectivity index (χ4n) is 3.23. The van der Waals surface area contributed by atoms with Crippen LogP contribution in [0.4, 0.5) is 8.78 Å². The van der Waals surface area contributed by atoms with Gasteiger partial charge in [-0.2, -0.15) is 0 Å². The Morgan fingerprint density at radius 3 is 2.74 bits per heavy atom. The van der Waals surface area contributed by atoms with Crippen LogP contribution in [0.3, 0.4) is 0 Å². The van der Waals surface area contributed by atoms with Crippen molar-refractivity contribution in [3.05, 3.63) is 59.1 Å².